The van der Waals surface area contributed by atoms with Crippen molar-refractivity contribution in [2.75, 3.05) is 37.3 Å². The van der Waals surface area contributed by atoms with Crippen molar-refractivity contribution in [2.45, 2.75) is 24.7 Å². The summed E-state index contributed by atoms with van der Waals surface area (Å²) in [6.07, 6.45) is 1.15. The zero-order chi connectivity index (χ0) is 21.5. The van der Waals surface area contributed by atoms with Gasteiger partial charge in [-0.1, -0.05) is 43.4 Å². The van der Waals surface area contributed by atoms with E-state index in [1.54, 1.807) is 28.4 Å². The van der Waals surface area contributed by atoms with Crippen LogP contribution in [0.2, 0.25) is 0 Å². The summed E-state index contributed by atoms with van der Waals surface area (Å²) in [6, 6.07) is 12.6. The normalized spacial score (nSPS) is 15.2. The average Bonchev–Trinajstić information content (AvgIpc) is 3.17. The van der Waals surface area contributed by atoms with Gasteiger partial charge in [0.2, 0.25) is 0 Å². The van der Waals surface area contributed by atoms with E-state index in [-0.39, 0.29) is 10.8 Å². The molecular weight excluding hydrogens is 418 g/mol. The summed E-state index contributed by atoms with van der Waals surface area (Å²) in [5.41, 5.74) is 2.74. The number of benzene rings is 2. The molecule has 0 spiro atoms. The van der Waals surface area contributed by atoms with Crippen molar-refractivity contribution in [2.24, 2.45) is 0 Å². The van der Waals surface area contributed by atoms with Crippen molar-refractivity contribution in [3.05, 3.63) is 53.6 Å². The fourth-order valence-electron chi connectivity index (χ4n) is 3.70. The number of piperazine rings is 1. The van der Waals surface area contributed by atoms with Crippen LogP contribution in [0, 0.1) is 0 Å². The average molecular weight is 444 g/mol. The lowest BCUT2D eigenvalue weighted by Crippen LogP contribution is -2.48. The molecule has 0 saturated carbocycles. The molecule has 4 rings (SSSR count). The Hall–Kier alpha value is -2.45. The van der Waals surface area contributed by atoms with Crippen LogP contribution in [0.3, 0.4) is 0 Å². The standard InChI is InChI=1S/C22H25N3O3S2/c1-15(2)18-8-5-9-19-20(18)23-22(29-19)25-12-10-24(11-13-25)21(26)16-6-4-7-17(14-16)30(3,27)28/h4-9,14-15H,10-13H2,1-3H3. The molecule has 0 atom stereocenters. The van der Waals surface area contributed by atoms with Crippen LogP contribution in [-0.4, -0.2) is 56.6 Å². The molecule has 0 aliphatic carbocycles. The zero-order valence-corrected chi connectivity index (χ0v) is 19.0. The number of anilines is 1. The van der Waals surface area contributed by atoms with Crippen molar-refractivity contribution < 1.29 is 13.2 Å². The number of thiazole rings is 1. The summed E-state index contributed by atoms with van der Waals surface area (Å²) in [6.45, 7) is 6.92. The number of amides is 1. The van der Waals surface area contributed by atoms with Gasteiger partial charge < -0.3 is 9.80 Å². The molecule has 1 saturated heterocycles. The summed E-state index contributed by atoms with van der Waals surface area (Å²) >= 11 is 1.69. The van der Waals surface area contributed by atoms with E-state index in [9.17, 15) is 13.2 Å². The lowest BCUT2D eigenvalue weighted by molar-refractivity contribution is 0.0746. The van der Waals surface area contributed by atoms with E-state index in [1.165, 1.54) is 22.4 Å². The van der Waals surface area contributed by atoms with Gasteiger partial charge in [0.1, 0.15) is 0 Å². The molecule has 1 amide bonds. The quantitative estimate of drug-likeness (QED) is 0.614. The molecular formula is C22H25N3O3S2. The first kappa shape index (κ1) is 20.8. The Morgan fingerprint density at radius 1 is 1.07 bits per heavy atom. The number of aromatic nitrogens is 1. The van der Waals surface area contributed by atoms with E-state index in [4.69, 9.17) is 4.98 Å². The van der Waals surface area contributed by atoms with Crippen molar-refractivity contribution in [3.63, 3.8) is 0 Å². The van der Waals surface area contributed by atoms with Crippen molar-refractivity contribution in [1.29, 1.82) is 0 Å². The Bertz CT molecular complexity index is 1190. The van der Waals surface area contributed by atoms with Crippen LogP contribution in [0.1, 0.15) is 35.7 Å². The van der Waals surface area contributed by atoms with Crippen LogP contribution in [0.25, 0.3) is 10.2 Å². The maximum atomic E-state index is 12.9. The van der Waals surface area contributed by atoms with Gasteiger partial charge in [-0.3, -0.25) is 4.79 Å². The molecule has 8 heteroatoms. The number of rotatable bonds is 4. The molecule has 6 nitrogen and oxygen atoms in total. The number of hydrogen-bond donors (Lipinski definition) is 0. The summed E-state index contributed by atoms with van der Waals surface area (Å²) in [5.74, 6) is 0.285. The molecule has 0 unspecified atom stereocenters. The van der Waals surface area contributed by atoms with Gasteiger partial charge in [0.05, 0.1) is 15.1 Å². The van der Waals surface area contributed by atoms with Crippen LogP contribution in [0.4, 0.5) is 5.13 Å². The largest absolute Gasteiger partial charge is 0.345 e. The lowest BCUT2D eigenvalue weighted by atomic mass is 10.0. The minimum absolute atomic E-state index is 0.133. The molecule has 0 bridgehead atoms. The van der Waals surface area contributed by atoms with E-state index >= 15 is 0 Å². The molecule has 1 aliphatic heterocycles. The Labute approximate surface area is 181 Å². The molecule has 3 aromatic rings. The third kappa shape index (κ3) is 4.06. The summed E-state index contributed by atoms with van der Waals surface area (Å²) in [7, 11) is -3.34. The second-order valence-corrected chi connectivity index (χ2v) is 10.9. The number of fused-ring (bicyclic) bond motifs is 1. The molecule has 2 aromatic carbocycles. The highest BCUT2D eigenvalue weighted by atomic mass is 32.2. The number of sulfone groups is 1. The van der Waals surface area contributed by atoms with E-state index < -0.39 is 9.84 Å². The van der Waals surface area contributed by atoms with Crippen LogP contribution in [0.5, 0.6) is 0 Å². The van der Waals surface area contributed by atoms with E-state index in [0.717, 1.165) is 16.9 Å². The van der Waals surface area contributed by atoms with Crippen LogP contribution < -0.4 is 4.90 Å². The monoisotopic (exact) mass is 443 g/mol. The van der Waals surface area contributed by atoms with Gasteiger partial charge in [-0.05, 0) is 35.7 Å². The second kappa shape index (κ2) is 8.00. The first-order chi connectivity index (χ1) is 14.2. The second-order valence-electron chi connectivity index (χ2n) is 7.92. The molecule has 30 heavy (non-hydrogen) atoms. The number of para-hydroxylation sites is 1. The number of carbonyl (C=O) groups excluding carboxylic acids is 1. The van der Waals surface area contributed by atoms with Crippen molar-refractivity contribution >= 4 is 42.4 Å². The summed E-state index contributed by atoms with van der Waals surface area (Å²) < 4.78 is 24.8. The van der Waals surface area contributed by atoms with Crippen LogP contribution >= 0.6 is 11.3 Å². The Balaban J connectivity index is 1.48. The third-order valence-corrected chi connectivity index (χ3v) is 7.60. The van der Waals surface area contributed by atoms with E-state index in [1.807, 2.05) is 0 Å². The fourth-order valence-corrected chi connectivity index (χ4v) is 5.42. The Morgan fingerprint density at radius 2 is 1.77 bits per heavy atom. The van der Waals surface area contributed by atoms with Crippen LogP contribution in [-0.2, 0) is 9.84 Å². The van der Waals surface area contributed by atoms with Crippen molar-refractivity contribution in [3.8, 4) is 0 Å². The first-order valence-electron chi connectivity index (χ1n) is 9.98. The molecule has 0 N–H and O–H groups in total. The molecule has 0 radical (unpaired) electrons. The van der Waals surface area contributed by atoms with Gasteiger partial charge in [0.25, 0.3) is 5.91 Å². The number of nitrogens with zero attached hydrogens (tertiary/aromatic N) is 3. The van der Waals surface area contributed by atoms with Crippen LogP contribution in [0.15, 0.2) is 47.4 Å². The molecule has 1 fully saturated rings. The maximum absolute atomic E-state index is 12.9. The van der Waals surface area contributed by atoms with Gasteiger partial charge in [-0.25, -0.2) is 13.4 Å². The zero-order valence-electron chi connectivity index (χ0n) is 17.3. The molecule has 2 heterocycles. The molecule has 158 valence electrons. The topological polar surface area (TPSA) is 70.6 Å². The fraction of sp³-hybridized carbons (Fsp3) is 0.364. The Morgan fingerprint density at radius 3 is 2.43 bits per heavy atom. The summed E-state index contributed by atoms with van der Waals surface area (Å²) in [4.78, 5) is 22.0. The minimum atomic E-state index is -3.34. The van der Waals surface area contributed by atoms with Crippen molar-refractivity contribution in [1.82, 2.24) is 9.88 Å². The predicted octanol–water partition coefficient (Wildman–Crippen LogP) is 3.79. The highest BCUT2D eigenvalue weighted by molar-refractivity contribution is 7.90. The van der Waals surface area contributed by atoms with E-state index in [0.29, 0.717) is 37.7 Å². The number of hydrogen-bond acceptors (Lipinski definition) is 6. The SMILES string of the molecule is CC(C)c1cccc2sc(N3CCN(C(=O)c4cccc(S(C)(=O)=O)c4)CC3)nc12. The highest BCUT2D eigenvalue weighted by Crippen LogP contribution is 2.33. The maximum Gasteiger partial charge on any atom is 0.254 e. The first-order valence-corrected chi connectivity index (χ1v) is 12.7. The Kier molecular flexibility index (Phi) is 5.55. The van der Waals surface area contributed by atoms with Gasteiger partial charge in [0, 0.05) is 38.0 Å². The van der Waals surface area contributed by atoms with E-state index in [2.05, 4.69) is 36.9 Å². The minimum Gasteiger partial charge on any atom is -0.345 e. The highest BCUT2D eigenvalue weighted by Gasteiger charge is 2.25. The number of carbonyl (C=O) groups is 1. The predicted molar refractivity (Wildman–Crippen MR) is 121 cm³/mol. The molecule has 1 aliphatic rings. The lowest BCUT2D eigenvalue weighted by Gasteiger charge is -2.34. The summed E-state index contributed by atoms with van der Waals surface area (Å²) in [5, 5.41) is 0.990. The smallest absolute Gasteiger partial charge is 0.254 e. The third-order valence-electron chi connectivity index (χ3n) is 5.41. The van der Waals surface area contributed by atoms with Gasteiger partial charge >= 0.3 is 0 Å². The van der Waals surface area contributed by atoms with Gasteiger partial charge in [-0.15, -0.1) is 0 Å². The van der Waals surface area contributed by atoms with Gasteiger partial charge in [-0.2, -0.15) is 0 Å². The molecule has 1 aromatic heterocycles. The van der Waals surface area contributed by atoms with Gasteiger partial charge in [0.15, 0.2) is 15.0 Å².